The molecule has 0 bridgehead atoms. The van der Waals surface area contributed by atoms with Crippen LogP contribution in [0.1, 0.15) is 19.3 Å². The van der Waals surface area contributed by atoms with E-state index in [1.165, 1.54) is 12.8 Å². The number of amides is 1. The van der Waals surface area contributed by atoms with Crippen LogP contribution >= 0.6 is 35.6 Å². The molecule has 1 aliphatic rings. The van der Waals surface area contributed by atoms with E-state index in [4.69, 9.17) is 27.9 Å². The van der Waals surface area contributed by atoms with E-state index in [1.807, 2.05) is 0 Å². The summed E-state index contributed by atoms with van der Waals surface area (Å²) in [4.78, 5) is 11.7. The molecular weight excluding hydrogens is 347 g/mol. The normalized spacial score (nSPS) is 17.5. The van der Waals surface area contributed by atoms with Crippen LogP contribution in [0.5, 0.6) is 5.75 Å². The van der Waals surface area contributed by atoms with Gasteiger partial charge < -0.3 is 15.4 Å². The fourth-order valence-electron chi connectivity index (χ4n) is 2.40. The first-order chi connectivity index (χ1) is 10.1. The molecule has 0 radical (unpaired) electrons. The summed E-state index contributed by atoms with van der Waals surface area (Å²) in [6, 6.07) is 4.89. The molecule has 22 heavy (non-hydrogen) atoms. The monoisotopic (exact) mass is 366 g/mol. The molecule has 0 spiro atoms. The second-order valence-electron chi connectivity index (χ2n) is 5.24. The summed E-state index contributed by atoms with van der Waals surface area (Å²) in [5.74, 6) is 1.03. The molecular formula is C15H21Cl3N2O2. The van der Waals surface area contributed by atoms with E-state index >= 15 is 0 Å². The smallest absolute Gasteiger partial charge is 0.257 e. The molecule has 2 N–H and O–H groups in total. The van der Waals surface area contributed by atoms with Gasteiger partial charge in [-0.2, -0.15) is 0 Å². The topological polar surface area (TPSA) is 50.4 Å². The second-order valence-corrected chi connectivity index (χ2v) is 6.12. The maximum atomic E-state index is 11.7. The Bertz CT molecular complexity index is 460. The lowest BCUT2D eigenvalue weighted by Gasteiger charge is -2.22. The summed E-state index contributed by atoms with van der Waals surface area (Å²) in [5, 5.41) is 7.22. The fourth-order valence-corrected chi connectivity index (χ4v) is 2.90. The molecule has 0 aliphatic carbocycles. The second kappa shape index (κ2) is 10.2. The fraction of sp³-hybridized carbons (Fsp3) is 0.533. The molecule has 1 fully saturated rings. The van der Waals surface area contributed by atoms with Gasteiger partial charge >= 0.3 is 0 Å². The van der Waals surface area contributed by atoms with Gasteiger partial charge in [-0.05, 0) is 56.5 Å². The molecule has 1 unspecified atom stereocenters. The number of rotatable bonds is 6. The number of halogens is 3. The highest BCUT2D eigenvalue weighted by molar-refractivity contribution is 6.34. The van der Waals surface area contributed by atoms with E-state index in [2.05, 4.69) is 10.6 Å². The maximum Gasteiger partial charge on any atom is 0.257 e. The minimum atomic E-state index is -0.130. The van der Waals surface area contributed by atoms with Gasteiger partial charge in [0.1, 0.15) is 5.75 Å². The Kier molecular flexibility index (Phi) is 8.95. The average molecular weight is 368 g/mol. The van der Waals surface area contributed by atoms with E-state index in [0.717, 1.165) is 19.5 Å². The molecule has 1 atom stereocenters. The van der Waals surface area contributed by atoms with Gasteiger partial charge in [0.15, 0.2) is 6.61 Å². The Hall–Kier alpha value is -0.680. The van der Waals surface area contributed by atoms with Crippen LogP contribution in [0.15, 0.2) is 18.2 Å². The number of hydrogen-bond donors (Lipinski definition) is 2. The number of carbonyl (C=O) groups is 1. The molecule has 0 aromatic heterocycles. The van der Waals surface area contributed by atoms with Crippen LogP contribution in [0.25, 0.3) is 0 Å². The molecule has 7 heteroatoms. The SMILES string of the molecule is Cl.O=C(COc1cc(Cl)cc(Cl)c1)NCCC1CCCNC1. The van der Waals surface area contributed by atoms with Crippen molar-refractivity contribution < 1.29 is 9.53 Å². The highest BCUT2D eigenvalue weighted by Gasteiger charge is 2.13. The third-order valence-electron chi connectivity index (χ3n) is 3.48. The van der Waals surface area contributed by atoms with E-state index in [-0.39, 0.29) is 24.9 Å². The lowest BCUT2D eigenvalue weighted by molar-refractivity contribution is -0.123. The zero-order chi connectivity index (χ0) is 15.1. The van der Waals surface area contributed by atoms with Gasteiger partial charge in [0, 0.05) is 16.6 Å². The minimum Gasteiger partial charge on any atom is -0.484 e. The number of carbonyl (C=O) groups excluding carboxylic acids is 1. The molecule has 1 aromatic rings. The van der Waals surface area contributed by atoms with Crippen LogP contribution in [-0.4, -0.2) is 32.1 Å². The van der Waals surface area contributed by atoms with E-state index in [0.29, 0.717) is 28.3 Å². The van der Waals surface area contributed by atoms with Crippen LogP contribution < -0.4 is 15.4 Å². The highest BCUT2D eigenvalue weighted by atomic mass is 35.5. The first-order valence-electron chi connectivity index (χ1n) is 7.20. The van der Waals surface area contributed by atoms with Crippen molar-refractivity contribution in [2.45, 2.75) is 19.3 Å². The standard InChI is InChI=1S/C15H20Cl2N2O2.ClH/c16-12-6-13(17)8-14(7-12)21-10-15(20)19-5-3-11-2-1-4-18-9-11;/h6-8,11,18H,1-5,9-10H2,(H,19,20);1H. The van der Waals surface area contributed by atoms with Crippen LogP contribution in [0.4, 0.5) is 0 Å². The first-order valence-corrected chi connectivity index (χ1v) is 7.95. The van der Waals surface area contributed by atoms with E-state index < -0.39 is 0 Å². The van der Waals surface area contributed by atoms with Gasteiger partial charge in [-0.25, -0.2) is 0 Å². The number of hydrogen-bond acceptors (Lipinski definition) is 3. The molecule has 1 aromatic carbocycles. The van der Waals surface area contributed by atoms with Crippen molar-refractivity contribution in [2.75, 3.05) is 26.2 Å². The van der Waals surface area contributed by atoms with Crippen molar-refractivity contribution in [1.82, 2.24) is 10.6 Å². The minimum absolute atomic E-state index is 0. The average Bonchev–Trinajstić information content (AvgIpc) is 2.45. The van der Waals surface area contributed by atoms with Crippen molar-refractivity contribution in [3.05, 3.63) is 28.2 Å². The molecule has 1 amide bonds. The molecule has 124 valence electrons. The van der Waals surface area contributed by atoms with Gasteiger partial charge in [0.25, 0.3) is 5.91 Å². The Balaban J connectivity index is 0.00000242. The number of ether oxygens (including phenoxy) is 1. The van der Waals surface area contributed by atoms with Gasteiger partial charge in [-0.15, -0.1) is 12.4 Å². The number of benzene rings is 1. The van der Waals surface area contributed by atoms with Crippen molar-refractivity contribution in [3.63, 3.8) is 0 Å². The maximum absolute atomic E-state index is 11.7. The third-order valence-corrected chi connectivity index (χ3v) is 3.92. The Morgan fingerprint density at radius 3 is 2.68 bits per heavy atom. The molecule has 1 heterocycles. The third kappa shape index (κ3) is 7.05. The van der Waals surface area contributed by atoms with Crippen molar-refractivity contribution in [1.29, 1.82) is 0 Å². The summed E-state index contributed by atoms with van der Waals surface area (Å²) in [6.45, 7) is 2.82. The molecule has 0 saturated carbocycles. The van der Waals surface area contributed by atoms with Crippen molar-refractivity contribution in [2.24, 2.45) is 5.92 Å². The number of piperidine rings is 1. The van der Waals surface area contributed by atoms with Crippen LogP contribution in [0.3, 0.4) is 0 Å². The molecule has 1 aliphatic heterocycles. The van der Waals surface area contributed by atoms with Crippen LogP contribution in [-0.2, 0) is 4.79 Å². The lowest BCUT2D eigenvalue weighted by atomic mass is 9.96. The molecule has 2 rings (SSSR count). The zero-order valence-electron chi connectivity index (χ0n) is 12.2. The van der Waals surface area contributed by atoms with Crippen LogP contribution in [0, 0.1) is 5.92 Å². The highest BCUT2D eigenvalue weighted by Crippen LogP contribution is 2.24. The first kappa shape index (κ1) is 19.4. The van der Waals surface area contributed by atoms with E-state index in [9.17, 15) is 4.79 Å². The zero-order valence-corrected chi connectivity index (χ0v) is 14.6. The predicted molar refractivity (Wildman–Crippen MR) is 92.4 cm³/mol. The van der Waals surface area contributed by atoms with Crippen molar-refractivity contribution in [3.8, 4) is 5.75 Å². The van der Waals surface area contributed by atoms with Crippen LogP contribution in [0.2, 0.25) is 10.0 Å². The quantitative estimate of drug-likeness (QED) is 0.811. The van der Waals surface area contributed by atoms with E-state index in [1.54, 1.807) is 18.2 Å². The predicted octanol–water partition coefficient (Wildman–Crippen LogP) is 3.30. The Morgan fingerprint density at radius 2 is 2.05 bits per heavy atom. The summed E-state index contributed by atoms with van der Waals surface area (Å²) < 4.78 is 5.38. The van der Waals surface area contributed by atoms with Gasteiger partial charge in [-0.3, -0.25) is 4.79 Å². The molecule has 1 saturated heterocycles. The summed E-state index contributed by atoms with van der Waals surface area (Å²) in [5.41, 5.74) is 0. The summed E-state index contributed by atoms with van der Waals surface area (Å²) >= 11 is 11.7. The van der Waals surface area contributed by atoms with Gasteiger partial charge in [0.2, 0.25) is 0 Å². The van der Waals surface area contributed by atoms with Gasteiger partial charge in [0.05, 0.1) is 0 Å². The van der Waals surface area contributed by atoms with Gasteiger partial charge in [-0.1, -0.05) is 23.2 Å². The summed E-state index contributed by atoms with van der Waals surface area (Å²) in [7, 11) is 0. The Morgan fingerprint density at radius 1 is 1.32 bits per heavy atom. The Labute approximate surface area is 147 Å². The number of nitrogens with one attached hydrogen (secondary N) is 2. The lowest BCUT2D eigenvalue weighted by Crippen LogP contribution is -2.34. The largest absolute Gasteiger partial charge is 0.484 e. The van der Waals surface area contributed by atoms with Crippen molar-refractivity contribution >= 4 is 41.5 Å². The molecule has 4 nitrogen and oxygen atoms in total. The summed E-state index contributed by atoms with van der Waals surface area (Å²) in [6.07, 6.45) is 3.46.